The Labute approximate surface area is 160 Å². The predicted octanol–water partition coefficient (Wildman–Crippen LogP) is 3.06. The fourth-order valence-corrected chi connectivity index (χ4v) is 4.69. The van der Waals surface area contributed by atoms with Crippen LogP contribution in [0, 0.1) is 0 Å². The number of nitrogens with zero attached hydrogens (tertiary/aromatic N) is 3. The van der Waals surface area contributed by atoms with Crippen molar-refractivity contribution >= 4 is 5.91 Å². The minimum absolute atomic E-state index is 0.328. The van der Waals surface area contributed by atoms with Gasteiger partial charge in [-0.1, -0.05) is 0 Å². The number of aromatic amines is 1. The van der Waals surface area contributed by atoms with Crippen molar-refractivity contribution in [1.82, 2.24) is 20.0 Å². The molecule has 2 aliphatic heterocycles. The Bertz CT molecular complexity index is 786. The van der Waals surface area contributed by atoms with Crippen LogP contribution in [-0.2, 0) is 11.3 Å². The number of likely N-dealkylation sites (N-methyl/N-ethyl adjacent to an activating group) is 1. The smallest absolute Gasteiger partial charge is 0.222 e. The highest BCUT2D eigenvalue weighted by Crippen LogP contribution is 2.33. The molecule has 0 radical (unpaired) electrons. The molecule has 2 aromatic rings. The van der Waals surface area contributed by atoms with Gasteiger partial charge >= 0.3 is 0 Å². The molecule has 0 aliphatic carbocycles. The number of benzene rings is 1. The Hall–Kier alpha value is -2.34. The van der Waals surface area contributed by atoms with Crippen LogP contribution in [-0.4, -0.2) is 58.2 Å². The number of likely N-dealkylation sites (tertiary alicyclic amines) is 2. The quantitative estimate of drug-likeness (QED) is 0.881. The van der Waals surface area contributed by atoms with Crippen LogP contribution in [0.5, 0.6) is 5.75 Å². The molecule has 0 unspecified atom stereocenters. The second kappa shape index (κ2) is 7.72. The summed E-state index contributed by atoms with van der Waals surface area (Å²) in [5, 5.41) is 7.46. The molecule has 0 saturated carbocycles. The van der Waals surface area contributed by atoms with E-state index in [1.54, 1.807) is 7.11 Å². The zero-order valence-electron chi connectivity index (χ0n) is 16.1. The first-order chi connectivity index (χ1) is 13.2. The summed E-state index contributed by atoms with van der Waals surface area (Å²) in [6, 6.07) is 8.89. The van der Waals surface area contributed by atoms with Crippen molar-refractivity contribution in [2.24, 2.45) is 0 Å². The van der Waals surface area contributed by atoms with E-state index >= 15 is 0 Å². The molecule has 1 amide bonds. The zero-order chi connectivity index (χ0) is 18.8. The number of aromatic nitrogens is 2. The highest BCUT2D eigenvalue weighted by molar-refractivity contribution is 5.77. The van der Waals surface area contributed by atoms with Gasteiger partial charge in [0.05, 0.1) is 19.0 Å². The summed E-state index contributed by atoms with van der Waals surface area (Å²) in [4.78, 5) is 17.0. The number of methoxy groups -OCH3 is 1. The lowest BCUT2D eigenvalue weighted by Crippen LogP contribution is -2.45. The first-order valence-corrected chi connectivity index (χ1v) is 9.91. The van der Waals surface area contributed by atoms with Gasteiger partial charge < -0.3 is 9.64 Å². The molecule has 0 bridgehead atoms. The van der Waals surface area contributed by atoms with E-state index in [9.17, 15) is 4.79 Å². The molecule has 6 heteroatoms. The summed E-state index contributed by atoms with van der Waals surface area (Å²) in [5.74, 6) is 1.18. The van der Waals surface area contributed by atoms with E-state index < -0.39 is 0 Å². The molecule has 1 aromatic heterocycles. The summed E-state index contributed by atoms with van der Waals surface area (Å²) in [5.41, 5.74) is 3.39. The van der Waals surface area contributed by atoms with Crippen molar-refractivity contribution < 1.29 is 9.53 Å². The third kappa shape index (κ3) is 3.46. The summed E-state index contributed by atoms with van der Waals surface area (Å²) in [6.07, 6.45) is 5.79. The van der Waals surface area contributed by atoms with Gasteiger partial charge in [-0.25, -0.2) is 0 Å². The number of amides is 1. The molecular formula is C21H28N4O2. The standard InChI is InChI=1S/C21H28N4O2/c1-3-25-19-11-12-24(18(19)5-4-6-20(25)26)14-16-13-22-23-21(16)15-7-9-17(27-2)10-8-15/h7-10,13,18-19H,3-6,11-12,14H2,1-2H3,(H,22,23)/t18-,19-/m1/s1. The summed E-state index contributed by atoms with van der Waals surface area (Å²) in [7, 11) is 1.68. The molecule has 144 valence electrons. The minimum atomic E-state index is 0.328. The number of ether oxygens (including phenoxy) is 1. The number of rotatable bonds is 5. The number of hydrogen-bond donors (Lipinski definition) is 1. The second-order valence-corrected chi connectivity index (χ2v) is 7.46. The topological polar surface area (TPSA) is 61.5 Å². The van der Waals surface area contributed by atoms with E-state index in [4.69, 9.17) is 4.74 Å². The first-order valence-electron chi connectivity index (χ1n) is 9.91. The van der Waals surface area contributed by atoms with Gasteiger partial charge in [0, 0.05) is 49.3 Å². The van der Waals surface area contributed by atoms with Crippen molar-refractivity contribution in [3.05, 3.63) is 36.0 Å². The van der Waals surface area contributed by atoms with Crippen LogP contribution >= 0.6 is 0 Å². The number of nitrogens with one attached hydrogen (secondary N) is 1. The fraction of sp³-hybridized carbons (Fsp3) is 0.524. The highest BCUT2D eigenvalue weighted by Gasteiger charge is 2.40. The lowest BCUT2D eigenvalue weighted by Gasteiger charge is -2.32. The van der Waals surface area contributed by atoms with Crippen molar-refractivity contribution in [2.45, 2.75) is 51.2 Å². The number of fused-ring (bicyclic) bond motifs is 1. The maximum Gasteiger partial charge on any atom is 0.222 e. The first kappa shape index (κ1) is 18.0. The van der Waals surface area contributed by atoms with E-state index in [-0.39, 0.29) is 0 Å². The SMILES string of the molecule is CCN1C(=O)CCC[C@@H]2[C@H]1CCN2Cc1cn[nH]c1-c1ccc(OC)cc1. The Morgan fingerprint density at radius 1 is 1.22 bits per heavy atom. The van der Waals surface area contributed by atoms with Gasteiger partial charge in [-0.2, -0.15) is 5.10 Å². The molecule has 2 atom stereocenters. The predicted molar refractivity (Wildman–Crippen MR) is 104 cm³/mol. The van der Waals surface area contributed by atoms with Crippen LogP contribution in [0.2, 0.25) is 0 Å². The van der Waals surface area contributed by atoms with Gasteiger partial charge in [0.25, 0.3) is 0 Å². The molecule has 4 rings (SSSR count). The van der Waals surface area contributed by atoms with Crippen molar-refractivity contribution in [3.8, 4) is 17.0 Å². The number of H-pyrrole nitrogens is 1. The van der Waals surface area contributed by atoms with E-state index in [1.165, 1.54) is 5.56 Å². The molecular weight excluding hydrogens is 340 g/mol. The van der Waals surface area contributed by atoms with Gasteiger partial charge in [0.1, 0.15) is 5.75 Å². The monoisotopic (exact) mass is 368 g/mol. The third-order valence-electron chi connectivity index (χ3n) is 6.05. The van der Waals surface area contributed by atoms with E-state index in [1.807, 2.05) is 18.3 Å². The minimum Gasteiger partial charge on any atom is -0.497 e. The van der Waals surface area contributed by atoms with E-state index in [0.29, 0.717) is 24.4 Å². The Kier molecular flexibility index (Phi) is 5.16. The second-order valence-electron chi connectivity index (χ2n) is 7.46. The Morgan fingerprint density at radius 3 is 2.78 bits per heavy atom. The average molecular weight is 368 g/mol. The lowest BCUT2D eigenvalue weighted by molar-refractivity contribution is -0.132. The molecule has 1 aromatic carbocycles. The van der Waals surface area contributed by atoms with Crippen LogP contribution < -0.4 is 4.74 Å². The maximum atomic E-state index is 12.4. The van der Waals surface area contributed by atoms with Crippen LogP contribution in [0.15, 0.2) is 30.5 Å². The Balaban J connectivity index is 1.53. The summed E-state index contributed by atoms with van der Waals surface area (Å²) in [6.45, 7) is 4.81. The van der Waals surface area contributed by atoms with Crippen LogP contribution in [0.4, 0.5) is 0 Å². The van der Waals surface area contributed by atoms with Crippen LogP contribution in [0.1, 0.15) is 38.2 Å². The van der Waals surface area contributed by atoms with Crippen molar-refractivity contribution in [2.75, 3.05) is 20.2 Å². The number of carbonyl (C=O) groups is 1. The molecule has 1 N–H and O–H groups in total. The number of carbonyl (C=O) groups excluding carboxylic acids is 1. The molecule has 2 aliphatic rings. The van der Waals surface area contributed by atoms with Crippen LogP contribution in [0.3, 0.4) is 0 Å². The van der Waals surface area contributed by atoms with Gasteiger partial charge in [-0.15, -0.1) is 0 Å². The number of hydrogen-bond acceptors (Lipinski definition) is 4. The third-order valence-corrected chi connectivity index (χ3v) is 6.05. The van der Waals surface area contributed by atoms with E-state index in [0.717, 1.165) is 55.9 Å². The fourth-order valence-electron chi connectivity index (χ4n) is 4.69. The maximum absolute atomic E-state index is 12.4. The highest BCUT2D eigenvalue weighted by atomic mass is 16.5. The normalized spacial score (nSPS) is 23.3. The molecule has 3 heterocycles. The van der Waals surface area contributed by atoms with Gasteiger partial charge in [-0.05, 0) is 50.5 Å². The average Bonchev–Trinajstić information content (AvgIpc) is 3.27. The van der Waals surface area contributed by atoms with Crippen molar-refractivity contribution in [1.29, 1.82) is 0 Å². The van der Waals surface area contributed by atoms with Gasteiger partial charge in [0.2, 0.25) is 5.91 Å². The van der Waals surface area contributed by atoms with Gasteiger partial charge in [0.15, 0.2) is 0 Å². The molecule has 6 nitrogen and oxygen atoms in total. The molecule has 0 spiro atoms. The van der Waals surface area contributed by atoms with Crippen molar-refractivity contribution in [3.63, 3.8) is 0 Å². The van der Waals surface area contributed by atoms with E-state index in [2.05, 4.69) is 39.1 Å². The zero-order valence-corrected chi connectivity index (χ0v) is 16.1. The molecule has 2 saturated heterocycles. The van der Waals surface area contributed by atoms with Gasteiger partial charge in [-0.3, -0.25) is 14.8 Å². The lowest BCUT2D eigenvalue weighted by atomic mass is 10.0. The Morgan fingerprint density at radius 2 is 2.04 bits per heavy atom. The molecule has 2 fully saturated rings. The summed E-state index contributed by atoms with van der Waals surface area (Å²) < 4.78 is 5.26. The summed E-state index contributed by atoms with van der Waals surface area (Å²) >= 11 is 0. The van der Waals surface area contributed by atoms with Crippen LogP contribution in [0.25, 0.3) is 11.3 Å². The largest absolute Gasteiger partial charge is 0.497 e. The molecule has 27 heavy (non-hydrogen) atoms.